The minimum atomic E-state index is -3.39. The molecule has 0 atom stereocenters. The number of ether oxygens (including phenoxy) is 3. The fraction of sp³-hybridized carbons (Fsp3) is 0.333. The Kier molecular flexibility index (Phi) is 6.05. The molecule has 0 aliphatic carbocycles. The van der Waals surface area contributed by atoms with E-state index in [9.17, 15) is 0 Å². The highest BCUT2D eigenvalue weighted by Crippen LogP contribution is 2.55. The summed E-state index contributed by atoms with van der Waals surface area (Å²) in [6.07, 6.45) is 0. The van der Waals surface area contributed by atoms with E-state index >= 15 is 4.57 Å². The van der Waals surface area contributed by atoms with Crippen molar-refractivity contribution >= 4 is 34.7 Å². The normalized spacial score (nSPS) is 14.4. The van der Waals surface area contributed by atoms with Gasteiger partial charge in [0, 0.05) is 29.8 Å². The zero-order chi connectivity index (χ0) is 24.1. The summed E-state index contributed by atoms with van der Waals surface area (Å²) in [4.78, 5) is 0. The highest BCUT2D eigenvalue weighted by Gasteiger charge is 2.42. The summed E-state index contributed by atoms with van der Waals surface area (Å²) in [5.41, 5.74) is 4.16. The monoisotopic (exact) mass is 484 g/mol. The first-order valence-electron chi connectivity index (χ1n) is 11.1. The number of halogens is 1. The van der Waals surface area contributed by atoms with E-state index in [1.165, 1.54) is 0 Å². The first kappa shape index (κ1) is 23.7. The first-order valence-corrected chi connectivity index (χ1v) is 13.2. The van der Waals surface area contributed by atoms with Crippen LogP contribution in [0.5, 0.6) is 17.2 Å². The van der Waals surface area contributed by atoms with Crippen molar-refractivity contribution in [1.29, 1.82) is 0 Å². The van der Waals surface area contributed by atoms with Crippen molar-refractivity contribution in [2.45, 2.75) is 54.3 Å². The predicted octanol–water partition coefficient (Wildman–Crippen LogP) is 6.12. The number of hydrogen-bond acceptors (Lipinski definition) is 4. The molecule has 33 heavy (non-hydrogen) atoms. The molecule has 3 aromatic rings. The minimum absolute atomic E-state index is 0.292. The van der Waals surface area contributed by atoms with Gasteiger partial charge in [-0.3, -0.25) is 0 Å². The summed E-state index contributed by atoms with van der Waals surface area (Å²) in [7, 11) is -3.39. The van der Waals surface area contributed by atoms with Gasteiger partial charge in [-0.2, -0.15) is 0 Å². The smallest absolute Gasteiger partial charge is 0.246 e. The Balaban J connectivity index is 2.10. The molecule has 174 valence electrons. The maximum Gasteiger partial charge on any atom is 0.246 e. The van der Waals surface area contributed by atoms with E-state index in [4.69, 9.17) is 25.8 Å². The van der Waals surface area contributed by atoms with E-state index < -0.39 is 12.9 Å². The first-order chi connectivity index (χ1) is 15.4. The molecule has 0 saturated heterocycles. The lowest BCUT2D eigenvalue weighted by molar-refractivity contribution is -0.0440. The molecule has 0 aromatic heterocycles. The van der Waals surface area contributed by atoms with Gasteiger partial charge in [-0.25, -0.2) is 0 Å². The van der Waals surface area contributed by atoms with E-state index in [2.05, 4.69) is 12.1 Å². The van der Waals surface area contributed by atoms with Crippen LogP contribution in [0, 0.1) is 27.7 Å². The molecule has 4 rings (SSSR count). The third kappa shape index (κ3) is 4.27. The lowest BCUT2D eigenvalue weighted by atomic mass is 10.2. The molecule has 1 heterocycles. The van der Waals surface area contributed by atoms with Gasteiger partial charge in [0.15, 0.2) is 18.6 Å². The van der Waals surface area contributed by atoms with Crippen molar-refractivity contribution in [2.24, 2.45) is 0 Å². The Morgan fingerprint density at radius 3 is 1.73 bits per heavy atom. The quantitative estimate of drug-likeness (QED) is 0.409. The van der Waals surface area contributed by atoms with E-state index in [-0.39, 0.29) is 0 Å². The second-order valence-corrected chi connectivity index (χ2v) is 12.3. The van der Waals surface area contributed by atoms with Crippen molar-refractivity contribution in [3.05, 3.63) is 69.7 Å². The van der Waals surface area contributed by atoms with Crippen LogP contribution in [0.2, 0.25) is 5.02 Å². The molecule has 0 radical (unpaired) electrons. The molecule has 6 heteroatoms. The van der Waals surface area contributed by atoms with Gasteiger partial charge in [-0.1, -0.05) is 46.0 Å². The van der Waals surface area contributed by atoms with Gasteiger partial charge in [-0.15, -0.1) is 0 Å². The third-order valence-electron chi connectivity index (χ3n) is 5.60. The lowest BCUT2D eigenvalue weighted by Gasteiger charge is -2.24. The Morgan fingerprint density at radius 1 is 0.818 bits per heavy atom. The zero-order valence-corrected chi connectivity index (χ0v) is 21.9. The fourth-order valence-electron chi connectivity index (χ4n) is 4.47. The molecule has 0 fully saturated rings. The van der Waals surface area contributed by atoms with Gasteiger partial charge in [0.2, 0.25) is 11.5 Å². The van der Waals surface area contributed by atoms with Gasteiger partial charge in [0.1, 0.15) is 0 Å². The summed E-state index contributed by atoms with van der Waals surface area (Å²) in [6, 6.07) is 13.8. The number of aryl methyl sites for hydroxylation is 4. The van der Waals surface area contributed by atoms with E-state index in [0.717, 1.165) is 32.9 Å². The zero-order valence-electron chi connectivity index (χ0n) is 20.2. The maximum absolute atomic E-state index is 15.3. The standard InChI is InChI=1S/C27H30ClO4P/c1-8-30-22-15-23(24(28)26-25(22)31-27(6,7)32-26)33(29,20-11-16(2)9-17(3)12-20)21-13-18(4)10-19(5)14-21/h9-15H,8H2,1-7H3. The summed E-state index contributed by atoms with van der Waals surface area (Å²) < 4.78 is 33.3. The number of rotatable bonds is 5. The molecule has 0 amide bonds. The van der Waals surface area contributed by atoms with Crippen LogP contribution < -0.4 is 30.1 Å². The van der Waals surface area contributed by atoms with E-state index in [0.29, 0.717) is 34.2 Å². The maximum atomic E-state index is 15.3. The Bertz CT molecular complexity index is 1200. The van der Waals surface area contributed by atoms with Gasteiger partial charge in [0.05, 0.1) is 11.6 Å². The molecule has 4 nitrogen and oxygen atoms in total. The van der Waals surface area contributed by atoms with Crippen molar-refractivity contribution in [3.63, 3.8) is 0 Å². The van der Waals surface area contributed by atoms with Crippen LogP contribution in [0.3, 0.4) is 0 Å². The summed E-state index contributed by atoms with van der Waals surface area (Å²) >= 11 is 6.96. The summed E-state index contributed by atoms with van der Waals surface area (Å²) in [6.45, 7) is 14.0. The molecular formula is C27H30ClO4P. The highest BCUT2D eigenvalue weighted by molar-refractivity contribution is 7.85. The largest absolute Gasteiger partial charge is 0.490 e. The lowest BCUT2D eigenvalue weighted by Crippen LogP contribution is -2.30. The van der Waals surface area contributed by atoms with Crippen LogP contribution in [0.1, 0.15) is 43.0 Å². The molecular weight excluding hydrogens is 455 g/mol. The minimum Gasteiger partial charge on any atom is -0.490 e. The average Bonchev–Trinajstić information content (AvgIpc) is 3.04. The topological polar surface area (TPSA) is 44.8 Å². The van der Waals surface area contributed by atoms with Crippen LogP contribution >= 0.6 is 18.7 Å². The number of hydrogen-bond donors (Lipinski definition) is 0. The van der Waals surface area contributed by atoms with Crippen molar-refractivity contribution in [1.82, 2.24) is 0 Å². The van der Waals surface area contributed by atoms with E-state index in [1.54, 1.807) is 6.07 Å². The van der Waals surface area contributed by atoms with Gasteiger partial charge >= 0.3 is 0 Å². The third-order valence-corrected chi connectivity index (χ3v) is 9.11. The molecule has 0 saturated carbocycles. The predicted molar refractivity (Wildman–Crippen MR) is 136 cm³/mol. The van der Waals surface area contributed by atoms with Gasteiger partial charge in [-0.05, 0) is 65.0 Å². The Labute approximate surface area is 201 Å². The molecule has 0 N–H and O–H groups in total. The van der Waals surface area contributed by atoms with Crippen LogP contribution in [-0.4, -0.2) is 12.4 Å². The molecule has 0 spiro atoms. The number of benzene rings is 3. The van der Waals surface area contributed by atoms with Crippen LogP contribution in [0.15, 0.2) is 42.5 Å². The molecule has 1 aliphatic rings. The fourth-order valence-corrected chi connectivity index (χ4v) is 8.07. The molecule has 0 unspecified atom stereocenters. The average molecular weight is 485 g/mol. The van der Waals surface area contributed by atoms with Crippen molar-refractivity contribution < 1.29 is 18.8 Å². The summed E-state index contributed by atoms with van der Waals surface area (Å²) in [5.74, 6) is 0.395. The molecule has 0 bridgehead atoms. The van der Waals surface area contributed by atoms with Crippen LogP contribution in [0.25, 0.3) is 0 Å². The van der Waals surface area contributed by atoms with Crippen LogP contribution in [0.4, 0.5) is 0 Å². The van der Waals surface area contributed by atoms with Crippen LogP contribution in [-0.2, 0) is 4.57 Å². The van der Waals surface area contributed by atoms with Gasteiger partial charge in [0.25, 0.3) is 0 Å². The van der Waals surface area contributed by atoms with Crippen molar-refractivity contribution in [2.75, 3.05) is 6.61 Å². The SMILES string of the molecule is CCOc1cc(P(=O)(c2cc(C)cc(C)c2)c2cc(C)cc(C)c2)c(Cl)c2c1OC(C)(C)O2. The second kappa shape index (κ2) is 8.42. The highest BCUT2D eigenvalue weighted by atomic mass is 35.5. The number of fused-ring (bicyclic) bond motifs is 1. The van der Waals surface area contributed by atoms with Crippen molar-refractivity contribution in [3.8, 4) is 17.2 Å². The second-order valence-electron chi connectivity index (χ2n) is 9.20. The molecule has 3 aromatic carbocycles. The Hall–Kier alpha value is -2.42. The van der Waals surface area contributed by atoms with Gasteiger partial charge < -0.3 is 18.8 Å². The summed E-state index contributed by atoms with van der Waals surface area (Å²) in [5, 5.41) is 2.24. The Morgan fingerprint density at radius 2 is 1.27 bits per heavy atom. The van der Waals surface area contributed by atoms with E-state index in [1.807, 2.05) is 72.7 Å². The molecule has 1 aliphatic heterocycles.